The van der Waals surface area contributed by atoms with E-state index in [9.17, 15) is 0 Å². The Bertz CT molecular complexity index is 2860. The van der Waals surface area contributed by atoms with Crippen LogP contribution in [0.3, 0.4) is 0 Å². The first-order valence-electron chi connectivity index (χ1n) is 20.1. The van der Waals surface area contributed by atoms with Crippen molar-refractivity contribution in [2.24, 2.45) is 0 Å². The molecule has 8 rings (SSSR count). The van der Waals surface area contributed by atoms with Gasteiger partial charge in [0.15, 0.2) is 0 Å². The molecular weight excluding hydrogens is 615 g/mol. The predicted molar refractivity (Wildman–Crippen MR) is 206 cm³/mol. The Balaban J connectivity index is 1.30. The maximum atomic E-state index is 9.01. The highest BCUT2D eigenvalue weighted by molar-refractivity contribution is 6.07. The van der Waals surface area contributed by atoms with Crippen LogP contribution in [-0.2, 0) is 10.8 Å². The quantitative estimate of drug-likeness (QED) is 0.172. The number of para-hydroxylation sites is 3. The molecule has 0 bridgehead atoms. The zero-order valence-electron chi connectivity index (χ0n) is 35.9. The third-order valence-corrected chi connectivity index (χ3v) is 9.00. The van der Waals surface area contributed by atoms with Gasteiger partial charge < -0.3 is 4.74 Å². The van der Waals surface area contributed by atoms with Crippen molar-refractivity contribution in [3.05, 3.63) is 138 Å². The number of aryl methyl sites for hydroxylation is 1. The molecule has 1 aliphatic rings. The number of hydrogen-bond donors (Lipinski definition) is 0. The number of fused-ring (bicyclic) bond motifs is 4. The maximum Gasteiger partial charge on any atom is 0.503 e. The molecule has 0 aliphatic carbocycles. The SMILES string of the molecule is [2H]c1c([2H])c([2H])c2c(c1[2H])[N+](c1ccc(C([2H])([2H])[2H])cc1)=C=[N+]2c1cc(Oc2cnc3c4ccccc4n(-c4cc(C(C)(C)C)ccn4)c3c2)cc(C(C)(C)C)c1. The van der Waals surface area contributed by atoms with E-state index < -0.39 is 6.85 Å². The molecule has 3 aromatic heterocycles. The fourth-order valence-electron chi connectivity index (χ4n) is 6.27. The molecule has 7 aromatic rings. The van der Waals surface area contributed by atoms with Crippen LogP contribution in [0.1, 0.15) is 67.8 Å². The van der Waals surface area contributed by atoms with Crippen LogP contribution in [0.4, 0.5) is 22.7 Å². The molecule has 4 aromatic carbocycles. The Morgan fingerprint density at radius 3 is 2.16 bits per heavy atom. The fraction of sp³-hybridized carbons (Fsp3) is 0.205. The summed E-state index contributed by atoms with van der Waals surface area (Å²) in [6.07, 6.45) is 3.54. The van der Waals surface area contributed by atoms with Crippen LogP contribution < -0.4 is 13.9 Å². The molecule has 1 aliphatic heterocycles. The van der Waals surface area contributed by atoms with Crippen LogP contribution in [0, 0.1) is 6.85 Å². The van der Waals surface area contributed by atoms with Gasteiger partial charge in [0.25, 0.3) is 11.4 Å². The Labute approximate surface area is 303 Å². The van der Waals surface area contributed by atoms with Crippen molar-refractivity contribution in [3.63, 3.8) is 0 Å². The van der Waals surface area contributed by atoms with Crippen LogP contribution in [-0.4, -0.2) is 20.5 Å². The van der Waals surface area contributed by atoms with E-state index in [1.807, 2.05) is 48.7 Å². The minimum Gasteiger partial charge on any atom is -0.455 e. The zero-order valence-corrected chi connectivity index (χ0v) is 28.9. The highest BCUT2D eigenvalue weighted by Gasteiger charge is 2.37. The van der Waals surface area contributed by atoms with Gasteiger partial charge >= 0.3 is 6.01 Å². The van der Waals surface area contributed by atoms with E-state index in [1.165, 1.54) is 12.1 Å². The highest BCUT2D eigenvalue weighted by atomic mass is 16.5. The molecule has 0 unspecified atom stereocenters. The molecule has 6 heteroatoms. The predicted octanol–water partition coefficient (Wildman–Crippen LogP) is 11.1. The number of hydrogen-bond acceptors (Lipinski definition) is 3. The van der Waals surface area contributed by atoms with Gasteiger partial charge in [-0.2, -0.15) is 0 Å². The third-order valence-electron chi connectivity index (χ3n) is 9.00. The van der Waals surface area contributed by atoms with Gasteiger partial charge in [-0.25, -0.2) is 4.98 Å². The van der Waals surface area contributed by atoms with Crippen LogP contribution in [0.15, 0.2) is 121 Å². The van der Waals surface area contributed by atoms with Crippen molar-refractivity contribution >= 4 is 50.7 Å². The third kappa shape index (κ3) is 5.58. The molecule has 0 atom stereocenters. The van der Waals surface area contributed by atoms with Gasteiger partial charge in [0.05, 0.1) is 34.3 Å². The van der Waals surface area contributed by atoms with Crippen molar-refractivity contribution in [2.45, 2.75) is 59.2 Å². The lowest BCUT2D eigenvalue weighted by Gasteiger charge is -2.20. The number of rotatable bonds is 5. The lowest BCUT2D eigenvalue weighted by molar-refractivity contribution is 0.477. The summed E-state index contributed by atoms with van der Waals surface area (Å²) in [5, 5.41) is 0.986. The summed E-state index contributed by atoms with van der Waals surface area (Å²) < 4.78 is 70.4. The largest absolute Gasteiger partial charge is 0.503 e. The fourth-order valence-corrected chi connectivity index (χ4v) is 6.27. The van der Waals surface area contributed by atoms with Crippen LogP contribution in [0.2, 0.25) is 0 Å². The lowest BCUT2D eigenvalue weighted by atomic mass is 9.86. The lowest BCUT2D eigenvalue weighted by Crippen LogP contribution is -2.12. The molecular formula is C44H41N5O+2. The van der Waals surface area contributed by atoms with Gasteiger partial charge in [0, 0.05) is 52.0 Å². The van der Waals surface area contributed by atoms with Gasteiger partial charge in [-0.15, -0.1) is 0 Å². The summed E-state index contributed by atoms with van der Waals surface area (Å²) >= 11 is 0. The minimum absolute atomic E-state index is 0.0838. The summed E-state index contributed by atoms with van der Waals surface area (Å²) in [5.74, 6) is 1.74. The molecule has 0 saturated heterocycles. The van der Waals surface area contributed by atoms with E-state index in [0.717, 1.165) is 38.9 Å². The monoisotopic (exact) mass is 662 g/mol. The smallest absolute Gasteiger partial charge is 0.455 e. The molecule has 246 valence electrons. The molecule has 6 nitrogen and oxygen atoms in total. The molecule has 0 radical (unpaired) electrons. The summed E-state index contributed by atoms with van der Waals surface area (Å²) in [7, 11) is 0. The second-order valence-corrected chi connectivity index (χ2v) is 14.6. The Morgan fingerprint density at radius 2 is 1.44 bits per heavy atom. The summed E-state index contributed by atoms with van der Waals surface area (Å²) in [4.78, 5) is 9.69. The second kappa shape index (κ2) is 11.6. The van der Waals surface area contributed by atoms with Crippen LogP contribution in [0.5, 0.6) is 11.5 Å². The summed E-state index contributed by atoms with van der Waals surface area (Å²) in [6, 6.07) is 28.2. The zero-order chi connectivity index (χ0) is 40.8. The molecule has 50 heavy (non-hydrogen) atoms. The van der Waals surface area contributed by atoms with E-state index >= 15 is 0 Å². The van der Waals surface area contributed by atoms with Gasteiger partial charge in [-0.3, -0.25) is 9.55 Å². The second-order valence-electron chi connectivity index (χ2n) is 14.6. The van der Waals surface area contributed by atoms with E-state index in [2.05, 4.69) is 70.3 Å². The minimum atomic E-state index is -2.31. The standard InChI is InChI=1S/C44H41N5O/c1-29-16-18-32(19-17-29)47-28-48(39-15-11-10-14-38(39)47)33-22-31(44(5,6)7)23-34(25-33)50-35-26-40-42(46-27-35)36-12-8-9-13-37(36)49(40)41-24-30(20-21-45-41)43(2,3)4/h8-27H,1-7H3/q+2/i1D3,10D,11D,14D,15D. The molecule has 0 fully saturated rings. The Hall–Kier alpha value is -5.84. The molecule has 0 amide bonds. The maximum absolute atomic E-state index is 9.01. The van der Waals surface area contributed by atoms with Gasteiger partial charge in [-0.05, 0) is 62.2 Å². The Kier molecular flexibility index (Phi) is 5.66. The first kappa shape index (κ1) is 24.3. The van der Waals surface area contributed by atoms with E-state index in [0.29, 0.717) is 22.9 Å². The molecule has 0 N–H and O–H groups in total. The molecule has 4 heterocycles. The van der Waals surface area contributed by atoms with Gasteiger partial charge in [0.2, 0.25) is 11.4 Å². The van der Waals surface area contributed by atoms with Crippen molar-refractivity contribution < 1.29 is 14.3 Å². The number of ether oxygens (including phenoxy) is 1. The van der Waals surface area contributed by atoms with Crippen LogP contribution >= 0.6 is 0 Å². The average Bonchev–Trinajstić information content (AvgIpc) is 3.72. The van der Waals surface area contributed by atoms with Crippen molar-refractivity contribution in [3.8, 4) is 17.3 Å². The van der Waals surface area contributed by atoms with Gasteiger partial charge in [-0.1, -0.05) is 89.5 Å². The van der Waals surface area contributed by atoms with E-state index in [-0.39, 0.29) is 51.9 Å². The van der Waals surface area contributed by atoms with E-state index in [4.69, 9.17) is 24.3 Å². The highest BCUT2D eigenvalue weighted by Crippen LogP contribution is 2.40. The topological polar surface area (TPSA) is 46.0 Å². The number of pyridine rings is 2. The van der Waals surface area contributed by atoms with Crippen molar-refractivity contribution in [1.29, 1.82) is 0 Å². The summed E-state index contributed by atoms with van der Waals surface area (Å²) in [6.45, 7) is 10.5. The van der Waals surface area contributed by atoms with Gasteiger partial charge in [0.1, 0.15) is 17.3 Å². The number of nitrogens with zero attached hydrogens (tertiary/aromatic N) is 5. The number of aromatic nitrogens is 3. The first-order chi connectivity index (χ1) is 26.8. The van der Waals surface area contributed by atoms with Crippen molar-refractivity contribution in [2.75, 3.05) is 0 Å². The average molecular weight is 663 g/mol. The molecule has 0 saturated carbocycles. The molecule has 0 spiro atoms. The van der Waals surface area contributed by atoms with Crippen LogP contribution in [0.25, 0.3) is 27.8 Å². The normalized spacial score (nSPS) is 15.3. The van der Waals surface area contributed by atoms with Crippen molar-refractivity contribution in [1.82, 2.24) is 23.7 Å². The van der Waals surface area contributed by atoms with E-state index in [1.54, 1.807) is 27.5 Å². The Morgan fingerprint density at radius 1 is 0.720 bits per heavy atom. The number of benzene rings is 4. The summed E-state index contributed by atoms with van der Waals surface area (Å²) in [5.41, 5.74) is 5.81. The first-order valence-corrected chi connectivity index (χ1v) is 16.6.